The summed E-state index contributed by atoms with van der Waals surface area (Å²) in [6.07, 6.45) is 0. The van der Waals surface area contributed by atoms with Crippen molar-refractivity contribution in [1.82, 2.24) is 10.2 Å². The first kappa shape index (κ1) is 8.46. The third kappa shape index (κ3) is 1.89. The zero-order valence-corrected chi connectivity index (χ0v) is 7.85. The van der Waals surface area contributed by atoms with Crippen LogP contribution < -0.4 is 5.73 Å². The van der Waals surface area contributed by atoms with Crippen LogP contribution in [-0.2, 0) is 0 Å². The molecule has 0 amide bonds. The first-order valence-electron chi connectivity index (χ1n) is 3.70. The topological polar surface area (TPSA) is 51.8 Å². The van der Waals surface area contributed by atoms with Crippen molar-refractivity contribution < 1.29 is 0 Å². The molecule has 1 aromatic heterocycles. The second kappa shape index (κ2) is 3.17. The fourth-order valence-electron chi connectivity index (χ4n) is 0.716. The van der Waals surface area contributed by atoms with E-state index in [9.17, 15) is 0 Å². The van der Waals surface area contributed by atoms with E-state index < -0.39 is 0 Å². The van der Waals surface area contributed by atoms with Crippen LogP contribution in [0.25, 0.3) is 0 Å². The lowest BCUT2D eigenvalue weighted by molar-refractivity contribution is 0.529. The monoisotopic (exact) mass is 171 g/mol. The molecule has 11 heavy (non-hydrogen) atoms. The molecule has 0 saturated heterocycles. The van der Waals surface area contributed by atoms with Gasteiger partial charge >= 0.3 is 0 Å². The largest absolute Gasteiger partial charge is 0.374 e. The lowest BCUT2D eigenvalue weighted by atomic mass is 9.99. The Morgan fingerprint density at radius 3 is 2.27 bits per heavy atom. The van der Waals surface area contributed by atoms with Crippen LogP contribution in [0.3, 0.4) is 0 Å². The summed E-state index contributed by atoms with van der Waals surface area (Å²) in [5.74, 6) is 1.06. The molecular weight excluding hydrogens is 158 g/mol. The first-order valence-corrected chi connectivity index (χ1v) is 4.51. The smallest absolute Gasteiger partial charge is 0.203 e. The van der Waals surface area contributed by atoms with Crippen molar-refractivity contribution in [1.29, 1.82) is 0 Å². The van der Waals surface area contributed by atoms with Gasteiger partial charge in [0, 0.05) is 5.92 Å². The van der Waals surface area contributed by atoms with E-state index in [1.54, 1.807) is 0 Å². The lowest BCUT2D eigenvalue weighted by Gasteiger charge is -2.10. The Morgan fingerprint density at radius 1 is 1.27 bits per heavy atom. The van der Waals surface area contributed by atoms with Crippen molar-refractivity contribution in [2.45, 2.75) is 26.7 Å². The molecule has 1 unspecified atom stereocenters. The Hall–Kier alpha value is -0.640. The number of hydrogen-bond donors (Lipinski definition) is 1. The van der Waals surface area contributed by atoms with Gasteiger partial charge in [-0.1, -0.05) is 32.1 Å². The van der Waals surface area contributed by atoms with Crippen molar-refractivity contribution >= 4 is 16.5 Å². The van der Waals surface area contributed by atoms with Crippen LogP contribution in [0.4, 0.5) is 5.13 Å². The molecule has 62 valence electrons. The predicted octanol–water partition coefficient (Wildman–Crippen LogP) is 1.88. The number of nitrogens with zero attached hydrogens (tertiary/aromatic N) is 2. The van der Waals surface area contributed by atoms with Crippen LogP contribution in [0.15, 0.2) is 0 Å². The van der Waals surface area contributed by atoms with Gasteiger partial charge in [-0.05, 0) is 5.92 Å². The van der Waals surface area contributed by atoms with Crippen LogP contribution in [0.1, 0.15) is 31.7 Å². The maximum absolute atomic E-state index is 5.46. The molecule has 0 aliphatic heterocycles. The maximum Gasteiger partial charge on any atom is 0.203 e. The zero-order chi connectivity index (χ0) is 8.43. The molecule has 0 aliphatic rings. The van der Waals surface area contributed by atoms with Crippen molar-refractivity contribution in [3.63, 3.8) is 0 Å². The average molecular weight is 171 g/mol. The first-order chi connectivity index (χ1) is 5.11. The van der Waals surface area contributed by atoms with Gasteiger partial charge in [-0.2, -0.15) is 0 Å². The summed E-state index contributed by atoms with van der Waals surface area (Å²) in [5, 5.41) is 9.35. The van der Waals surface area contributed by atoms with Gasteiger partial charge in [-0.3, -0.25) is 0 Å². The highest BCUT2D eigenvalue weighted by atomic mass is 32.1. The SMILES string of the molecule is CC(C)C(C)c1nnc(N)s1. The summed E-state index contributed by atoms with van der Waals surface area (Å²) >= 11 is 1.48. The van der Waals surface area contributed by atoms with Crippen LogP contribution in [0.2, 0.25) is 0 Å². The van der Waals surface area contributed by atoms with Crippen molar-refractivity contribution in [3.05, 3.63) is 5.01 Å². The van der Waals surface area contributed by atoms with Gasteiger partial charge in [0.2, 0.25) is 5.13 Å². The van der Waals surface area contributed by atoms with E-state index in [0.717, 1.165) is 5.01 Å². The molecular formula is C7H13N3S. The van der Waals surface area contributed by atoms with Gasteiger partial charge in [0.05, 0.1) is 0 Å². The second-order valence-corrected chi connectivity index (χ2v) is 4.05. The summed E-state index contributed by atoms with van der Waals surface area (Å²) in [4.78, 5) is 0. The van der Waals surface area contributed by atoms with Gasteiger partial charge in [-0.25, -0.2) is 0 Å². The number of nitrogens with two attached hydrogens (primary N) is 1. The fourth-order valence-corrected chi connectivity index (χ4v) is 1.55. The molecule has 0 bridgehead atoms. The van der Waals surface area contributed by atoms with E-state index in [-0.39, 0.29) is 0 Å². The highest BCUT2D eigenvalue weighted by molar-refractivity contribution is 7.15. The number of nitrogen functional groups attached to an aromatic ring is 1. The van der Waals surface area contributed by atoms with Crippen molar-refractivity contribution in [3.8, 4) is 0 Å². The summed E-state index contributed by atoms with van der Waals surface area (Å²) in [6, 6.07) is 0. The number of rotatable bonds is 2. The summed E-state index contributed by atoms with van der Waals surface area (Å²) in [5.41, 5.74) is 5.46. The van der Waals surface area contributed by atoms with Crippen LogP contribution in [0, 0.1) is 5.92 Å². The third-order valence-corrected chi connectivity index (χ3v) is 2.80. The molecule has 1 rings (SSSR count). The van der Waals surface area contributed by atoms with Gasteiger partial charge in [0.15, 0.2) is 0 Å². The van der Waals surface area contributed by atoms with Crippen molar-refractivity contribution in [2.24, 2.45) is 5.92 Å². The fraction of sp³-hybridized carbons (Fsp3) is 0.714. The molecule has 1 heterocycles. The van der Waals surface area contributed by atoms with E-state index in [2.05, 4.69) is 31.0 Å². The molecule has 1 atom stereocenters. The summed E-state index contributed by atoms with van der Waals surface area (Å²) < 4.78 is 0. The number of aromatic nitrogens is 2. The maximum atomic E-state index is 5.46. The van der Waals surface area contributed by atoms with Crippen molar-refractivity contribution in [2.75, 3.05) is 5.73 Å². The molecule has 2 N–H and O–H groups in total. The standard InChI is InChI=1S/C7H13N3S/c1-4(2)5(3)6-9-10-7(8)11-6/h4-5H,1-3H3,(H2,8,10). The molecule has 0 aliphatic carbocycles. The molecule has 4 heteroatoms. The van der Waals surface area contributed by atoms with Crippen LogP contribution in [0.5, 0.6) is 0 Å². The quantitative estimate of drug-likeness (QED) is 0.739. The minimum Gasteiger partial charge on any atom is -0.374 e. The van der Waals surface area contributed by atoms with E-state index >= 15 is 0 Å². The Labute approximate surface area is 70.6 Å². The van der Waals surface area contributed by atoms with E-state index in [4.69, 9.17) is 5.73 Å². The second-order valence-electron chi connectivity index (χ2n) is 3.01. The summed E-state index contributed by atoms with van der Waals surface area (Å²) in [6.45, 7) is 6.48. The third-order valence-electron chi connectivity index (χ3n) is 1.85. The Morgan fingerprint density at radius 2 is 1.91 bits per heavy atom. The van der Waals surface area contributed by atoms with Crippen LogP contribution >= 0.6 is 11.3 Å². The molecule has 0 fully saturated rings. The van der Waals surface area contributed by atoms with Gasteiger partial charge in [0.25, 0.3) is 0 Å². The summed E-state index contributed by atoms with van der Waals surface area (Å²) in [7, 11) is 0. The highest BCUT2D eigenvalue weighted by Gasteiger charge is 2.13. The average Bonchev–Trinajstić information content (AvgIpc) is 2.34. The van der Waals surface area contributed by atoms with Gasteiger partial charge in [0.1, 0.15) is 5.01 Å². The van der Waals surface area contributed by atoms with E-state index in [1.807, 2.05) is 0 Å². The lowest BCUT2D eigenvalue weighted by Crippen LogP contribution is -2.00. The number of anilines is 1. The molecule has 3 nitrogen and oxygen atoms in total. The predicted molar refractivity (Wildman–Crippen MR) is 47.6 cm³/mol. The normalized spacial score (nSPS) is 13.8. The molecule has 0 saturated carbocycles. The minimum absolute atomic E-state index is 0.463. The Kier molecular flexibility index (Phi) is 2.44. The highest BCUT2D eigenvalue weighted by Crippen LogP contribution is 2.26. The molecule has 0 aromatic carbocycles. The van der Waals surface area contributed by atoms with Gasteiger partial charge in [-0.15, -0.1) is 10.2 Å². The minimum atomic E-state index is 0.463. The molecule has 1 aromatic rings. The number of hydrogen-bond acceptors (Lipinski definition) is 4. The molecule has 0 spiro atoms. The molecule has 0 radical (unpaired) electrons. The Balaban J connectivity index is 2.76. The zero-order valence-electron chi connectivity index (χ0n) is 7.03. The van der Waals surface area contributed by atoms with E-state index in [1.165, 1.54) is 11.3 Å². The van der Waals surface area contributed by atoms with E-state index in [0.29, 0.717) is 17.0 Å². The van der Waals surface area contributed by atoms with Gasteiger partial charge < -0.3 is 5.73 Å². The Bertz CT molecular complexity index is 231. The van der Waals surface area contributed by atoms with Crippen LogP contribution in [-0.4, -0.2) is 10.2 Å².